The zero-order chi connectivity index (χ0) is 18.2. The summed E-state index contributed by atoms with van der Waals surface area (Å²) < 4.78 is 0. The van der Waals surface area contributed by atoms with Crippen molar-refractivity contribution in [3.05, 3.63) is 12.2 Å². The number of hydrogen-bond acceptors (Lipinski definition) is 4. The van der Waals surface area contributed by atoms with Crippen LogP contribution in [0.3, 0.4) is 0 Å². The molecule has 1 spiro atoms. The molecule has 0 aliphatic heterocycles. The number of aliphatic hydroxyl groups is 2. The molecule has 5 heteroatoms. The first kappa shape index (κ1) is 17.2. The molecule has 5 fully saturated rings. The Hall–Kier alpha value is -1.20. The third kappa shape index (κ3) is 1.81. The minimum atomic E-state index is -1.02. The van der Waals surface area contributed by atoms with Gasteiger partial charge in [-0.05, 0) is 67.3 Å². The highest BCUT2D eigenvalue weighted by Crippen LogP contribution is 2.71. The molecular formula is C20H28O5. The molecule has 0 amide bonds. The standard InChI is InChI=1S/C20H28O5/c1-11-12-4-7-20(16(11)23)14(8-12)19(17(24)25)6-3-5-18(2,10-21)13(19)9-15(20)22/h12-15,21-22H,1,3-10H2,2H3,(H,24,25)/t12-,13?,14?,15+,18-,19-,20+/m0/s1. The van der Waals surface area contributed by atoms with E-state index in [0.29, 0.717) is 24.8 Å². The van der Waals surface area contributed by atoms with Gasteiger partial charge in [0, 0.05) is 6.61 Å². The van der Waals surface area contributed by atoms with Crippen LogP contribution in [0, 0.1) is 34.0 Å². The van der Waals surface area contributed by atoms with Gasteiger partial charge in [-0.25, -0.2) is 0 Å². The maximum absolute atomic E-state index is 13.1. The number of allylic oxidation sites excluding steroid dienone is 1. The monoisotopic (exact) mass is 348 g/mol. The topological polar surface area (TPSA) is 94.8 Å². The molecule has 2 unspecified atom stereocenters. The van der Waals surface area contributed by atoms with Gasteiger partial charge < -0.3 is 15.3 Å². The van der Waals surface area contributed by atoms with Gasteiger partial charge in [-0.2, -0.15) is 0 Å². The molecule has 25 heavy (non-hydrogen) atoms. The largest absolute Gasteiger partial charge is 0.481 e. The molecule has 0 saturated heterocycles. The Kier molecular flexibility index (Phi) is 3.56. The van der Waals surface area contributed by atoms with Crippen molar-refractivity contribution in [3.63, 3.8) is 0 Å². The van der Waals surface area contributed by atoms with E-state index < -0.39 is 28.3 Å². The Morgan fingerprint density at radius 3 is 2.60 bits per heavy atom. The quantitative estimate of drug-likeness (QED) is 0.665. The average Bonchev–Trinajstić information content (AvgIpc) is 2.60. The molecule has 0 aromatic carbocycles. The molecular weight excluding hydrogens is 320 g/mol. The Morgan fingerprint density at radius 2 is 1.96 bits per heavy atom. The van der Waals surface area contributed by atoms with Crippen LogP contribution in [0.4, 0.5) is 0 Å². The zero-order valence-corrected chi connectivity index (χ0v) is 14.8. The number of hydrogen-bond donors (Lipinski definition) is 3. The zero-order valence-electron chi connectivity index (χ0n) is 14.8. The number of aliphatic carboxylic acids is 1. The minimum absolute atomic E-state index is 0.0452. The van der Waals surface area contributed by atoms with Crippen LogP contribution in [0.25, 0.3) is 0 Å². The summed E-state index contributed by atoms with van der Waals surface area (Å²) in [6.45, 7) is 5.83. The summed E-state index contributed by atoms with van der Waals surface area (Å²) in [5.41, 5.74) is -1.93. The number of rotatable bonds is 2. The van der Waals surface area contributed by atoms with Crippen LogP contribution in [0.15, 0.2) is 12.2 Å². The van der Waals surface area contributed by atoms with Gasteiger partial charge in [0.25, 0.3) is 0 Å². The summed E-state index contributed by atoms with van der Waals surface area (Å²) in [7, 11) is 0. The van der Waals surface area contributed by atoms with Gasteiger partial charge in [0.15, 0.2) is 5.78 Å². The van der Waals surface area contributed by atoms with Crippen molar-refractivity contribution in [1.82, 2.24) is 0 Å². The molecule has 5 aliphatic carbocycles. The molecule has 0 heterocycles. The van der Waals surface area contributed by atoms with Crippen molar-refractivity contribution >= 4 is 11.8 Å². The van der Waals surface area contributed by atoms with Crippen LogP contribution in [0.5, 0.6) is 0 Å². The third-order valence-electron chi connectivity index (χ3n) is 8.49. The summed E-state index contributed by atoms with van der Waals surface area (Å²) in [5.74, 6) is -1.55. The molecule has 5 aliphatic rings. The van der Waals surface area contributed by atoms with Crippen LogP contribution < -0.4 is 0 Å². The lowest BCUT2D eigenvalue weighted by Gasteiger charge is -2.67. The lowest BCUT2D eigenvalue weighted by Crippen LogP contribution is -2.70. The van der Waals surface area contributed by atoms with E-state index in [0.717, 1.165) is 19.3 Å². The van der Waals surface area contributed by atoms with Crippen LogP contribution in [-0.2, 0) is 9.59 Å². The molecule has 7 atom stereocenters. The second-order valence-corrected chi connectivity index (χ2v) is 9.23. The smallest absolute Gasteiger partial charge is 0.310 e. The molecule has 0 aromatic rings. The maximum Gasteiger partial charge on any atom is 0.310 e. The van der Waals surface area contributed by atoms with E-state index in [9.17, 15) is 24.9 Å². The second-order valence-electron chi connectivity index (χ2n) is 9.23. The van der Waals surface area contributed by atoms with Crippen LogP contribution in [-0.4, -0.2) is 39.8 Å². The lowest BCUT2D eigenvalue weighted by molar-refractivity contribution is -0.230. The number of carboxylic acids is 1. The predicted octanol–water partition coefficient (Wildman–Crippen LogP) is 2.16. The molecule has 2 bridgehead atoms. The van der Waals surface area contributed by atoms with E-state index in [4.69, 9.17) is 0 Å². The van der Waals surface area contributed by atoms with Crippen molar-refractivity contribution in [1.29, 1.82) is 0 Å². The van der Waals surface area contributed by atoms with E-state index in [1.54, 1.807) is 0 Å². The van der Waals surface area contributed by atoms with Gasteiger partial charge in [-0.1, -0.05) is 19.9 Å². The predicted molar refractivity (Wildman–Crippen MR) is 90.6 cm³/mol. The van der Waals surface area contributed by atoms with Gasteiger partial charge in [0.05, 0.1) is 16.9 Å². The third-order valence-corrected chi connectivity index (χ3v) is 8.49. The first-order valence-electron chi connectivity index (χ1n) is 9.50. The Balaban J connectivity index is 1.91. The van der Waals surface area contributed by atoms with Gasteiger partial charge >= 0.3 is 5.97 Å². The van der Waals surface area contributed by atoms with Crippen LogP contribution >= 0.6 is 0 Å². The van der Waals surface area contributed by atoms with E-state index in [1.165, 1.54) is 0 Å². The van der Waals surface area contributed by atoms with Gasteiger partial charge in [-0.15, -0.1) is 0 Å². The van der Waals surface area contributed by atoms with Crippen molar-refractivity contribution in [2.24, 2.45) is 34.0 Å². The number of ketones is 1. The lowest BCUT2D eigenvalue weighted by atomic mass is 9.35. The second kappa shape index (κ2) is 5.17. The number of Topliss-reactive ketones (excluding diaryl/α,β-unsaturated/α-hetero) is 1. The molecule has 5 nitrogen and oxygen atoms in total. The normalized spacial score (nSPS) is 51.8. The van der Waals surface area contributed by atoms with E-state index >= 15 is 0 Å². The van der Waals surface area contributed by atoms with E-state index in [-0.39, 0.29) is 36.6 Å². The summed E-state index contributed by atoms with van der Waals surface area (Å²) >= 11 is 0. The fourth-order valence-electron chi connectivity index (χ4n) is 7.19. The van der Waals surface area contributed by atoms with Crippen LogP contribution in [0.2, 0.25) is 0 Å². The molecule has 0 aromatic heterocycles. The summed E-state index contributed by atoms with van der Waals surface area (Å²) in [6.07, 6.45) is 3.49. The number of carbonyl (C=O) groups excluding carboxylic acids is 1. The fourth-order valence-corrected chi connectivity index (χ4v) is 7.19. The maximum atomic E-state index is 13.1. The van der Waals surface area contributed by atoms with E-state index in [1.807, 2.05) is 6.92 Å². The van der Waals surface area contributed by atoms with Crippen molar-refractivity contribution in [3.8, 4) is 0 Å². The summed E-state index contributed by atoms with van der Waals surface area (Å²) in [5, 5.41) is 31.5. The van der Waals surface area contributed by atoms with Gasteiger partial charge in [0.1, 0.15) is 0 Å². The number of carboxylic acid groups (broad SMARTS) is 1. The SMILES string of the molecule is C=C1C(=O)[C@]23CC[C@H]1CC2[C@]1(C(=O)O)CCC[C@@](C)(CO)C1C[C@H]3O. The first-order chi connectivity index (χ1) is 11.7. The van der Waals surface area contributed by atoms with Crippen molar-refractivity contribution < 1.29 is 24.9 Å². The fraction of sp³-hybridized carbons (Fsp3) is 0.800. The Bertz CT molecular complexity index is 656. The highest BCUT2D eigenvalue weighted by Gasteiger charge is 2.73. The Labute approximate surface area is 148 Å². The highest BCUT2D eigenvalue weighted by atomic mass is 16.4. The van der Waals surface area contributed by atoms with Gasteiger partial charge in [-0.3, -0.25) is 9.59 Å². The highest BCUT2D eigenvalue weighted by molar-refractivity contribution is 6.03. The van der Waals surface area contributed by atoms with Crippen LogP contribution in [0.1, 0.15) is 51.9 Å². The molecule has 0 radical (unpaired) electrons. The van der Waals surface area contributed by atoms with Crippen molar-refractivity contribution in [2.45, 2.75) is 58.0 Å². The number of carbonyl (C=O) groups is 2. The van der Waals surface area contributed by atoms with E-state index in [2.05, 4.69) is 6.58 Å². The number of aliphatic hydroxyl groups excluding tert-OH is 2. The van der Waals surface area contributed by atoms with Crippen molar-refractivity contribution in [2.75, 3.05) is 6.61 Å². The minimum Gasteiger partial charge on any atom is -0.481 e. The first-order valence-corrected chi connectivity index (χ1v) is 9.50. The Morgan fingerprint density at radius 1 is 1.24 bits per heavy atom. The summed E-state index contributed by atoms with van der Waals surface area (Å²) in [4.78, 5) is 25.8. The number of fused-ring (bicyclic) bond motifs is 3. The molecule has 138 valence electrons. The molecule has 5 saturated carbocycles. The van der Waals surface area contributed by atoms with Gasteiger partial charge in [0.2, 0.25) is 0 Å². The molecule has 3 N–H and O–H groups in total. The summed E-state index contributed by atoms with van der Waals surface area (Å²) in [6, 6.07) is 0. The average molecular weight is 348 g/mol. The molecule has 5 rings (SSSR count).